The van der Waals surface area contributed by atoms with Gasteiger partial charge in [-0.15, -0.1) is 0 Å². The van der Waals surface area contributed by atoms with Crippen molar-refractivity contribution in [2.75, 3.05) is 12.8 Å². The summed E-state index contributed by atoms with van der Waals surface area (Å²) in [7, 11) is 0. The van der Waals surface area contributed by atoms with Crippen molar-refractivity contribution < 1.29 is 0 Å². The van der Waals surface area contributed by atoms with Crippen LogP contribution in [0.15, 0.2) is 18.2 Å². The fourth-order valence-electron chi connectivity index (χ4n) is 1.61. The fraction of sp³-hybridized carbons (Fsp3) is 0.500. The highest BCUT2D eigenvalue weighted by Crippen LogP contribution is 2.11. The molecule has 0 amide bonds. The van der Waals surface area contributed by atoms with Crippen molar-refractivity contribution in [2.45, 2.75) is 32.1 Å². The number of thioether (sulfide) groups is 1. The van der Waals surface area contributed by atoms with E-state index in [0.29, 0.717) is 5.25 Å². The van der Waals surface area contributed by atoms with E-state index in [4.69, 9.17) is 5.26 Å². The average molecular weight is 248 g/mol. The van der Waals surface area contributed by atoms with E-state index in [0.717, 1.165) is 18.7 Å². The minimum Gasteiger partial charge on any atom is -0.313 e. The highest BCUT2D eigenvalue weighted by Gasteiger charge is 2.01. The zero-order valence-corrected chi connectivity index (χ0v) is 11.6. The molecule has 1 aromatic rings. The molecule has 3 heteroatoms. The molecule has 1 unspecified atom stereocenters. The number of hydrogen-bond donors (Lipinski definition) is 1. The lowest BCUT2D eigenvalue weighted by Gasteiger charge is -2.10. The summed E-state index contributed by atoms with van der Waals surface area (Å²) in [6, 6.07) is 8.03. The molecular formula is C14H20N2S. The number of nitrogens with one attached hydrogen (secondary N) is 1. The molecule has 0 heterocycles. The lowest BCUT2D eigenvalue weighted by Crippen LogP contribution is -2.18. The zero-order valence-electron chi connectivity index (χ0n) is 10.8. The van der Waals surface area contributed by atoms with Crippen molar-refractivity contribution in [3.05, 3.63) is 34.9 Å². The van der Waals surface area contributed by atoms with Crippen LogP contribution in [0.1, 0.15) is 30.0 Å². The maximum absolute atomic E-state index is 8.79. The van der Waals surface area contributed by atoms with Gasteiger partial charge in [-0.2, -0.15) is 17.0 Å². The summed E-state index contributed by atoms with van der Waals surface area (Å²) in [5, 5.41) is 12.9. The number of benzene rings is 1. The summed E-state index contributed by atoms with van der Waals surface area (Å²) in [5.41, 5.74) is 3.21. The number of aryl methyl sites for hydroxylation is 1. The van der Waals surface area contributed by atoms with E-state index in [1.54, 1.807) is 0 Å². The van der Waals surface area contributed by atoms with Crippen LogP contribution in [-0.4, -0.2) is 18.1 Å². The van der Waals surface area contributed by atoms with E-state index in [1.807, 2.05) is 30.0 Å². The van der Waals surface area contributed by atoms with Crippen LogP contribution < -0.4 is 5.32 Å². The maximum atomic E-state index is 8.79. The van der Waals surface area contributed by atoms with Gasteiger partial charge >= 0.3 is 0 Å². The van der Waals surface area contributed by atoms with E-state index < -0.39 is 0 Å². The standard InChI is InChI=1S/C14H20N2S/c1-11-8-13(9-15)4-5-14(11)10-16-7-6-12(2)17-3/h4-5,8,12,16H,6-7,10H2,1-3H3. The van der Waals surface area contributed by atoms with Crippen molar-refractivity contribution in [3.8, 4) is 6.07 Å². The second kappa shape index (κ2) is 7.37. The van der Waals surface area contributed by atoms with E-state index >= 15 is 0 Å². The van der Waals surface area contributed by atoms with E-state index in [1.165, 1.54) is 17.5 Å². The van der Waals surface area contributed by atoms with Crippen LogP contribution >= 0.6 is 11.8 Å². The third-order valence-electron chi connectivity index (χ3n) is 2.92. The van der Waals surface area contributed by atoms with Gasteiger partial charge in [-0.1, -0.05) is 13.0 Å². The Balaban J connectivity index is 2.40. The highest BCUT2D eigenvalue weighted by atomic mass is 32.2. The highest BCUT2D eigenvalue weighted by molar-refractivity contribution is 7.99. The quantitative estimate of drug-likeness (QED) is 0.786. The topological polar surface area (TPSA) is 35.8 Å². The first-order valence-electron chi connectivity index (χ1n) is 5.90. The Hall–Kier alpha value is -0.980. The predicted octanol–water partition coefficient (Wildman–Crippen LogP) is 3.10. The van der Waals surface area contributed by atoms with Crippen LogP contribution in [0.4, 0.5) is 0 Å². The monoisotopic (exact) mass is 248 g/mol. The van der Waals surface area contributed by atoms with Crippen LogP contribution in [-0.2, 0) is 6.54 Å². The Kier molecular flexibility index (Phi) is 6.10. The Labute approximate surface area is 108 Å². The number of rotatable bonds is 6. The number of nitriles is 1. The number of nitrogens with zero attached hydrogens (tertiary/aromatic N) is 1. The molecule has 0 bridgehead atoms. The van der Waals surface area contributed by atoms with Crippen molar-refractivity contribution >= 4 is 11.8 Å². The van der Waals surface area contributed by atoms with Crippen molar-refractivity contribution in [1.29, 1.82) is 5.26 Å². The van der Waals surface area contributed by atoms with Gasteiger partial charge in [0.15, 0.2) is 0 Å². The van der Waals surface area contributed by atoms with Crippen molar-refractivity contribution in [2.24, 2.45) is 0 Å². The second-order valence-electron chi connectivity index (χ2n) is 4.26. The minimum atomic E-state index is 0.713. The third kappa shape index (κ3) is 4.80. The molecule has 0 aliphatic heterocycles. The smallest absolute Gasteiger partial charge is 0.0991 e. The molecule has 1 atom stereocenters. The Morgan fingerprint density at radius 1 is 1.47 bits per heavy atom. The molecule has 0 saturated heterocycles. The second-order valence-corrected chi connectivity index (χ2v) is 5.54. The van der Waals surface area contributed by atoms with E-state index in [2.05, 4.69) is 31.5 Å². The largest absolute Gasteiger partial charge is 0.313 e. The molecular weight excluding hydrogens is 228 g/mol. The summed E-state index contributed by atoms with van der Waals surface area (Å²) >= 11 is 1.90. The van der Waals surface area contributed by atoms with Gasteiger partial charge < -0.3 is 5.32 Å². The predicted molar refractivity (Wildman–Crippen MR) is 75.2 cm³/mol. The summed E-state index contributed by atoms with van der Waals surface area (Å²) in [6.07, 6.45) is 3.34. The molecule has 0 aliphatic rings. The lowest BCUT2D eigenvalue weighted by molar-refractivity contribution is 0.646. The van der Waals surface area contributed by atoms with Crippen LogP contribution in [0.2, 0.25) is 0 Å². The van der Waals surface area contributed by atoms with Gasteiger partial charge in [0.2, 0.25) is 0 Å². The molecule has 92 valence electrons. The molecule has 0 radical (unpaired) electrons. The fourth-order valence-corrected chi connectivity index (χ4v) is 1.96. The minimum absolute atomic E-state index is 0.713. The molecule has 0 saturated carbocycles. The Bertz CT molecular complexity index is 396. The molecule has 2 nitrogen and oxygen atoms in total. The molecule has 0 fully saturated rings. The first kappa shape index (κ1) is 14.1. The van der Waals surface area contributed by atoms with Gasteiger partial charge in [0.25, 0.3) is 0 Å². The first-order valence-corrected chi connectivity index (χ1v) is 7.19. The molecule has 0 spiro atoms. The molecule has 1 N–H and O–H groups in total. The number of hydrogen-bond acceptors (Lipinski definition) is 3. The summed E-state index contributed by atoms with van der Waals surface area (Å²) in [4.78, 5) is 0. The van der Waals surface area contributed by atoms with Crippen molar-refractivity contribution in [3.63, 3.8) is 0 Å². The van der Waals surface area contributed by atoms with Gasteiger partial charge in [-0.05, 0) is 49.4 Å². The molecule has 17 heavy (non-hydrogen) atoms. The third-order valence-corrected chi connectivity index (χ3v) is 3.96. The SMILES string of the molecule is CSC(C)CCNCc1ccc(C#N)cc1C. The van der Waals surface area contributed by atoms with Gasteiger partial charge in [0, 0.05) is 11.8 Å². The van der Waals surface area contributed by atoms with Crippen LogP contribution in [0, 0.1) is 18.3 Å². The molecule has 0 aliphatic carbocycles. The van der Waals surface area contributed by atoms with Crippen molar-refractivity contribution in [1.82, 2.24) is 5.32 Å². The summed E-state index contributed by atoms with van der Waals surface area (Å²) < 4.78 is 0. The first-order chi connectivity index (χ1) is 8.17. The van der Waals surface area contributed by atoms with Crippen LogP contribution in [0.25, 0.3) is 0 Å². The van der Waals surface area contributed by atoms with Gasteiger partial charge in [0.1, 0.15) is 0 Å². The van der Waals surface area contributed by atoms with E-state index in [9.17, 15) is 0 Å². The Morgan fingerprint density at radius 3 is 2.82 bits per heavy atom. The Morgan fingerprint density at radius 2 is 2.24 bits per heavy atom. The molecule has 0 aromatic heterocycles. The lowest BCUT2D eigenvalue weighted by atomic mass is 10.1. The van der Waals surface area contributed by atoms with Gasteiger partial charge in [-0.25, -0.2) is 0 Å². The normalized spacial score (nSPS) is 12.1. The van der Waals surface area contributed by atoms with E-state index in [-0.39, 0.29) is 0 Å². The summed E-state index contributed by atoms with van der Waals surface area (Å²) in [5.74, 6) is 0. The maximum Gasteiger partial charge on any atom is 0.0991 e. The van der Waals surface area contributed by atoms with Gasteiger partial charge in [-0.3, -0.25) is 0 Å². The van der Waals surface area contributed by atoms with Gasteiger partial charge in [0.05, 0.1) is 11.6 Å². The molecule has 1 aromatic carbocycles. The zero-order chi connectivity index (χ0) is 12.7. The summed E-state index contributed by atoms with van der Waals surface area (Å²) in [6.45, 7) is 6.24. The molecule has 1 rings (SSSR count). The van der Waals surface area contributed by atoms with Crippen LogP contribution in [0.5, 0.6) is 0 Å². The average Bonchev–Trinajstić information content (AvgIpc) is 2.35. The van der Waals surface area contributed by atoms with Crippen LogP contribution in [0.3, 0.4) is 0 Å².